The number of carbonyl (C=O) groups excluding carboxylic acids is 1. The van der Waals surface area contributed by atoms with Gasteiger partial charge in [-0.1, -0.05) is 35.6 Å². The van der Waals surface area contributed by atoms with Crippen molar-refractivity contribution in [1.82, 2.24) is 4.98 Å². The van der Waals surface area contributed by atoms with Crippen LogP contribution in [-0.2, 0) is 10.0 Å². The number of carbonyl (C=O) groups is 1. The Morgan fingerprint density at radius 1 is 1.14 bits per heavy atom. The summed E-state index contributed by atoms with van der Waals surface area (Å²) in [5.41, 5.74) is 1.65. The van der Waals surface area contributed by atoms with E-state index in [9.17, 15) is 13.2 Å². The number of nitrogens with one attached hydrogen (secondary N) is 1. The molecule has 0 aliphatic rings. The van der Waals surface area contributed by atoms with Gasteiger partial charge in [0.2, 0.25) is 0 Å². The van der Waals surface area contributed by atoms with Gasteiger partial charge in [0.25, 0.3) is 15.9 Å². The standard InChI is InChI=1S/C19H19N3O3S3/c1-13-18(26-3)27-19(20-13)21-17(23)14-8-7-11-16(12-14)28(24,25)22(2)15-9-5-4-6-10-15/h4-12H,1-3H3,(H,20,21,23). The molecule has 0 atom stereocenters. The summed E-state index contributed by atoms with van der Waals surface area (Å²) in [6, 6.07) is 14.8. The van der Waals surface area contributed by atoms with Crippen molar-refractivity contribution in [3.05, 3.63) is 65.9 Å². The molecule has 0 aliphatic carbocycles. The summed E-state index contributed by atoms with van der Waals surface area (Å²) in [6.07, 6.45) is 1.95. The van der Waals surface area contributed by atoms with Crippen LogP contribution in [0.25, 0.3) is 0 Å². The average Bonchev–Trinajstić information content (AvgIpc) is 3.07. The van der Waals surface area contributed by atoms with Crippen LogP contribution in [0.4, 0.5) is 10.8 Å². The highest BCUT2D eigenvalue weighted by atomic mass is 32.2. The summed E-state index contributed by atoms with van der Waals surface area (Å²) in [5.74, 6) is -0.402. The molecule has 6 nitrogen and oxygen atoms in total. The van der Waals surface area contributed by atoms with Crippen molar-refractivity contribution in [3.63, 3.8) is 0 Å². The highest BCUT2D eigenvalue weighted by Gasteiger charge is 2.22. The minimum absolute atomic E-state index is 0.0478. The van der Waals surface area contributed by atoms with E-state index in [0.717, 1.165) is 9.90 Å². The molecule has 9 heteroatoms. The van der Waals surface area contributed by atoms with Crippen molar-refractivity contribution in [3.8, 4) is 0 Å². The molecule has 0 spiro atoms. The first kappa shape index (κ1) is 20.4. The number of benzene rings is 2. The molecule has 1 amide bonds. The van der Waals surface area contributed by atoms with Crippen molar-refractivity contribution in [2.75, 3.05) is 22.9 Å². The van der Waals surface area contributed by atoms with Crippen molar-refractivity contribution in [2.45, 2.75) is 16.0 Å². The number of amides is 1. The fourth-order valence-electron chi connectivity index (χ4n) is 2.53. The zero-order chi connectivity index (χ0) is 20.3. The third kappa shape index (κ3) is 4.21. The Morgan fingerprint density at radius 3 is 2.50 bits per heavy atom. The van der Waals surface area contributed by atoms with Crippen LogP contribution in [0.2, 0.25) is 0 Å². The van der Waals surface area contributed by atoms with Crippen LogP contribution in [0.3, 0.4) is 0 Å². The van der Waals surface area contributed by atoms with Gasteiger partial charge in [-0.25, -0.2) is 13.4 Å². The van der Waals surface area contributed by atoms with E-state index in [-0.39, 0.29) is 10.5 Å². The summed E-state index contributed by atoms with van der Waals surface area (Å²) in [7, 11) is -2.30. The van der Waals surface area contributed by atoms with Gasteiger partial charge in [0.05, 0.1) is 20.5 Å². The minimum atomic E-state index is -3.79. The Morgan fingerprint density at radius 2 is 1.86 bits per heavy atom. The van der Waals surface area contributed by atoms with Crippen molar-refractivity contribution in [2.24, 2.45) is 0 Å². The van der Waals surface area contributed by atoms with Crippen LogP contribution >= 0.6 is 23.1 Å². The number of thiazole rings is 1. The number of sulfonamides is 1. The van der Waals surface area contributed by atoms with Crippen LogP contribution < -0.4 is 9.62 Å². The summed E-state index contributed by atoms with van der Waals surface area (Å²) in [4.78, 5) is 17.0. The topological polar surface area (TPSA) is 79.4 Å². The quantitative estimate of drug-likeness (QED) is 0.588. The molecule has 1 aromatic heterocycles. The summed E-state index contributed by atoms with van der Waals surface area (Å²) < 4.78 is 28.1. The van der Waals surface area contributed by atoms with Crippen LogP contribution in [0.5, 0.6) is 0 Å². The Hall–Kier alpha value is -2.36. The van der Waals surface area contributed by atoms with Gasteiger partial charge in [-0.15, -0.1) is 11.8 Å². The largest absolute Gasteiger partial charge is 0.298 e. The molecule has 2 aromatic carbocycles. The van der Waals surface area contributed by atoms with E-state index >= 15 is 0 Å². The lowest BCUT2D eigenvalue weighted by Gasteiger charge is -2.19. The Balaban J connectivity index is 1.85. The number of hydrogen-bond donors (Lipinski definition) is 1. The Kier molecular flexibility index (Phi) is 6.07. The van der Waals surface area contributed by atoms with Gasteiger partial charge >= 0.3 is 0 Å². The average molecular weight is 434 g/mol. The summed E-state index contributed by atoms with van der Waals surface area (Å²) >= 11 is 2.95. The zero-order valence-corrected chi connectivity index (χ0v) is 18.0. The molecule has 3 rings (SSSR count). The lowest BCUT2D eigenvalue weighted by molar-refractivity contribution is 0.102. The predicted molar refractivity (Wildman–Crippen MR) is 115 cm³/mol. The first-order valence-electron chi connectivity index (χ1n) is 8.29. The molecule has 0 saturated carbocycles. The number of aromatic nitrogens is 1. The van der Waals surface area contributed by atoms with Crippen molar-refractivity contribution in [1.29, 1.82) is 0 Å². The van der Waals surface area contributed by atoms with Gasteiger partial charge in [0.1, 0.15) is 0 Å². The number of nitrogens with zero attached hydrogens (tertiary/aromatic N) is 2. The second kappa shape index (κ2) is 8.34. The Labute approximate surface area is 172 Å². The summed E-state index contributed by atoms with van der Waals surface area (Å²) in [5, 5.41) is 3.23. The lowest BCUT2D eigenvalue weighted by atomic mass is 10.2. The third-order valence-electron chi connectivity index (χ3n) is 4.03. The maximum atomic E-state index is 12.9. The predicted octanol–water partition coefficient (Wildman–Crippen LogP) is 4.25. The van der Waals surface area contributed by atoms with Gasteiger partial charge in [0.15, 0.2) is 5.13 Å². The van der Waals surface area contributed by atoms with Gasteiger partial charge in [-0.2, -0.15) is 0 Å². The maximum absolute atomic E-state index is 12.9. The first-order valence-corrected chi connectivity index (χ1v) is 11.8. The van der Waals surface area contributed by atoms with Crippen molar-refractivity contribution < 1.29 is 13.2 Å². The first-order chi connectivity index (χ1) is 13.3. The van der Waals surface area contributed by atoms with Crippen LogP contribution in [0.1, 0.15) is 16.1 Å². The molecule has 0 unspecified atom stereocenters. The number of anilines is 2. The molecule has 0 bridgehead atoms. The molecule has 1 heterocycles. The molecule has 0 fully saturated rings. The summed E-state index contributed by atoms with van der Waals surface area (Å²) in [6.45, 7) is 1.88. The normalized spacial score (nSPS) is 11.2. The molecular formula is C19H19N3O3S3. The van der Waals surface area contributed by atoms with Crippen molar-refractivity contribution >= 4 is 49.8 Å². The second-order valence-corrected chi connectivity index (χ2v) is 9.93. The molecule has 28 heavy (non-hydrogen) atoms. The van der Waals surface area contributed by atoms with E-state index in [2.05, 4.69) is 10.3 Å². The molecule has 146 valence electrons. The molecule has 1 N–H and O–H groups in total. The highest BCUT2D eigenvalue weighted by molar-refractivity contribution is 8.00. The maximum Gasteiger partial charge on any atom is 0.264 e. The van der Waals surface area contributed by atoms with Crippen LogP contribution in [-0.4, -0.2) is 32.6 Å². The number of para-hydroxylation sites is 1. The van der Waals surface area contributed by atoms with E-state index in [0.29, 0.717) is 10.8 Å². The van der Waals surface area contributed by atoms with E-state index < -0.39 is 15.9 Å². The van der Waals surface area contributed by atoms with Gasteiger partial charge in [0, 0.05) is 12.6 Å². The second-order valence-electron chi connectivity index (χ2n) is 5.89. The lowest BCUT2D eigenvalue weighted by Crippen LogP contribution is -2.26. The smallest absolute Gasteiger partial charge is 0.264 e. The van der Waals surface area contributed by atoms with Gasteiger partial charge < -0.3 is 0 Å². The molecule has 0 radical (unpaired) electrons. The van der Waals surface area contributed by atoms with E-state index in [1.165, 1.54) is 34.8 Å². The number of hydrogen-bond acceptors (Lipinski definition) is 6. The van der Waals surface area contributed by atoms with Gasteiger partial charge in [-0.3, -0.25) is 14.4 Å². The molecule has 0 aliphatic heterocycles. The SMILES string of the molecule is CSc1sc(NC(=O)c2cccc(S(=O)(=O)N(C)c3ccccc3)c2)nc1C. The van der Waals surface area contributed by atoms with Gasteiger partial charge in [-0.05, 0) is 43.5 Å². The van der Waals surface area contributed by atoms with E-state index in [1.54, 1.807) is 48.2 Å². The van der Waals surface area contributed by atoms with Crippen LogP contribution in [0.15, 0.2) is 63.7 Å². The Bertz CT molecular complexity index is 1100. The number of thioether (sulfide) groups is 1. The van der Waals surface area contributed by atoms with E-state index in [1.807, 2.05) is 19.2 Å². The fourth-order valence-corrected chi connectivity index (χ4v) is 5.38. The highest BCUT2D eigenvalue weighted by Crippen LogP contribution is 2.30. The molecular weight excluding hydrogens is 414 g/mol. The van der Waals surface area contributed by atoms with E-state index in [4.69, 9.17) is 0 Å². The fraction of sp³-hybridized carbons (Fsp3) is 0.158. The third-order valence-corrected chi connectivity index (χ3v) is 8.10. The number of rotatable bonds is 6. The van der Waals surface area contributed by atoms with Crippen LogP contribution in [0, 0.1) is 6.92 Å². The number of aryl methyl sites for hydroxylation is 1. The monoisotopic (exact) mass is 433 g/mol. The zero-order valence-electron chi connectivity index (χ0n) is 15.5. The molecule has 3 aromatic rings. The molecule has 0 saturated heterocycles. The minimum Gasteiger partial charge on any atom is -0.298 e.